The molecule has 2 aromatic rings. The first-order chi connectivity index (χ1) is 13.7. The molecule has 0 aromatic heterocycles. The lowest BCUT2D eigenvalue weighted by atomic mass is 9.87. The van der Waals surface area contributed by atoms with Crippen molar-refractivity contribution in [2.24, 2.45) is 0 Å². The van der Waals surface area contributed by atoms with E-state index in [0.29, 0.717) is 17.1 Å². The SMILES string of the molecule is COC(=O)c1cc(CNC(=O)C(C)Oc2cccc(C(C)(C)C)c2)ccc1OC. The number of carbonyl (C=O) groups is 2. The van der Waals surface area contributed by atoms with Crippen LogP contribution in [0.1, 0.15) is 49.2 Å². The molecule has 6 nitrogen and oxygen atoms in total. The molecule has 1 unspecified atom stereocenters. The maximum atomic E-state index is 12.4. The summed E-state index contributed by atoms with van der Waals surface area (Å²) in [4.78, 5) is 24.3. The van der Waals surface area contributed by atoms with Crippen LogP contribution in [0, 0.1) is 0 Å². The van der Waals surface area contributed by atoms with E-state index in [1.54, 1.807) is 25.1 Å². The van der Waals surface area contributed by atoms with Crippen LogP contribution in [-0.4, -0.2) is 32.2 Å². The monoisotopic (exact) mass is 399 g/mol. The molecule has 1 atom stereocenters. The van der Waals surface area contributed by atoms with Gasteiger partial charge in [0.2, 0.25) is 0 Å². The van der Waals surface area contributed by atoms with Crippen molar-refractivity contribution in [2.45, 2.75) is 45.8 Å². The number of rotatable bonds is 7. The Balaban J connectivity index is 2.01. The number of ether oxygens (including phenoxy) is 3. The van der Waals surface area contributed by atoms with Gasteiger partial charge in [0.05, 0.1) is 14.2 Å². The Hall–Kier alpha value is -3.02. The van der Waals surface area contributed by atoms with Crippen molar-refractivity contribution in [3.05, 3.63) is 59.2 Å². The summed E-state index contributed by atoms with van der Waals surface area (Å²) in [6, 6.07) is 12.9. The van der Waals surface area contributed by atoms with Gasteiger partial charge < -0.3 is 19.5 Å². The standard InChI is InChI=1S/C23H29NO5/c1-15(29-18-9-7-8-17(13-18)23(2,3)4)21(25)24-14-16-10-11-20(27-5)19(12-16)22(26)28-6/h7-13,15H,14H2,1-6H3,(H,24,25). The van der Waals surface area contributed by atoms with Gasteiger partial charge in [-0.05, 0) is 47.7 Å². The summed E-state index contributed by atoms with van der Waals surface area (Å²) in [5.74, 6) is 0.326. The number of hydrogen-bond donors (Lipinski definition) is 1. The number of hydrogen-bond acceptors (Lipinski definition) is 5. The molecular formula is C23H29NO5. The summed E-state index contributed by atoms with van der Waals surface area (Å²) in [6.45, 7) is 8.33. The minimum atomic E-state index is -0.663. The van der Waals surface area contributed by atoms with Gasteiger partial charge in [-0.3, -0.25) is 4.79 Å². The van der Waals surface area contributed by atoms with Gasteiger partial charge in [-0.1, -0.05) is 39.0 Å². The van der Waals surface area contributed by atoms with Crippen LogP contribution in [0.4, 0.5) is 0 Å². The average Bonchev–Trinajstić information content (AvgIpc) is 2.70. The third-order valence-corrected chi connectivity index (χ3v) is 4.52. The first-order valence-electron chi connectivity index (χ1n) is 9.46. The van der Waals surface area contributed by atoms with Gasteiger partial charge in [0, 0.05) is 6.54 Å². The van der Waals surface area contributed by atoms with Gasteiger partial charge in [0.1, 0.15) is 17.1 Å². The van der Waals surface area contributed by atoms with Crippen LogP contribution in [0.5, 0.6) is 11.5 Å². The highest BCUT2D eigenvalue weighted by Gasteiger charge is 2.18. The van der Waals surface area contributed by atoms with E-state index in [-0.39, 0.29) is 17.9 Å². The fraction of sp³-hybridized carbons (Fsp3) is 0.391. The Labute approximate surface area is 172 Å². The number of methoxy groups -OCH3 is 2. The second kappa shape index (κ2) is 9.45. The molecule has 29 heavy (non-hydrogen) atoms. The van der Waals surface area contributed by atoms with Crippen LogP contribution in [-0.2, 0) is 21.5 Å². The number of benzene rings is 2. The zero-order valence-electron chi connectivity index (χ0n) is 17.9. The average molecular weight is 399 g/mol. The molecule has 0 fully saturated rings. The first kappa shape index (κ1) is 22.3. The maximum Gasteiger partial charge on any atom is 0.341 e. The Morgan fingerprint density at radius 1 is 1.07 bits per heavy atom. The summed E-state index contributed by atoms with van der Waals surface area (Å²) in [7, 11) is 2.79. The smallest absolute Gasteiger partial charge is 0.341 e. The van der Waals surface area contributed by atoms with Gasteiger partial charge in [0.15, 0.2) is 6.10 Å². The second-order valence-electron chi connectivity index (χ2n) is 7.78. The number of carbonyl (C=O) groups excluding carboxylic acids is 2. The lowest BCUT2D eigenvalue weighted by Gasteiger charge is -2.21. The predicted molar refractivity (Wildman–Crippen MR) is 111 cm³/mol. The van der Waals surface area contributed by atoms with Crippen molar-refractivity contribution >= 4 is 11.9 Å². The first-order valence-corrected chi connectivity index (χ1v) is 9.46. The Morgan fingerprint density at radius 3 is 2.41 bits per heavy atom. The van der Waals surface area contributed by atoms with Crippen molar-refractivity contribution < 1.29 is 23.8 Å². The van der Waals surface area contributed by atoms with Gasteiger partial charge in [0.25, 0.3) is 5.91 Å². The molecule has 1 amide bonds. The fourth-order valence-electron chi connectivity index (χ4n) is 2.76. The summed E-state index contributed by atoms with van der Waals surface area (Å²) in [5, 5.41) is 2.83. The molecule has 0 heterocycles. The van der Waals surface area contributed by atoms with Crippen LogP contribution < -0.4 is 14.8 Å². The minimum absolute atomic E-state index is 0.00339. The third-order valence-electron chi connectivity index (χ3n) is 4.52. The third kappa shape index (κ3) is 5.98. The van der Waals surface area contributed by atoms with Crippen LogP contribution in [0.25, 0.3) is 0 Å². The molecule has 0 aliphatic carbocycles. The van der Waals surface area contributed by atoms with Crippen LogP contribution in [0.3, 0.4) is 0 Å². The van der Waals surface area contributed by atoms with Crippen molar-refractivity contribution in [3.63, 3.8) is 0 Å². The lowest BCUT2D eigenvalue weighted by Crippen LogP contribution is -2.36. The van der Waals surface area contributed by atoms with Crippen molar-refractivity contribution in [3.8, 4) is 11.5 Å². The fourth-order valence-corrected chi connectivity index (χ4v) is 2.76. The highest BCUT2D eigenvalue weighted by Crippen LogP contribution is 2.26. The predicted octanol–water partition coefficient (Wildman–Crippen LogP) is 3.86. The molecule has 0 aliphatic heterocycles. The van der Waals surface area contributed by atoms with Crippen LogP contribution in [0.2, 0.25) is 0 Å². The van der Waals surface area contributed by atoms with E-state index in [1.807, 2.05) is 24.3 Å². The largest absolute Gasteiger partial charge is 0.496 e. The molecule has 2 aromatic carbocycles. The molecule has 0 saturated heterocycles. The number of amides is 1. The van der Waals surface area contributed by atoms with Gasteiger partial charge >= 0.3 is 5.97 Å². The van der Waals surface area contributed by atoms with E-state index in [9.17, 15) is 9.59 Å². The molecular weight excluding hydrogens is 370 g/mol. The molecule has 0 radical (unpaired) electrons. The van der Waals surface area contributed by atoms with Crippen molar-refractivity contribution in [1.82, 2.24) is 5.32 Å². The zero-order chi connectivity index (χ0) is 21.6. The summed E-state index contributed by atoms with van der Waals surface area (Å²) < 4.78 is 15.8. The molecule has 6 heteroatoms. The normalized spacial score (nSPS) is 12.1. The Kier molecular flexibility index (Phi) is 7.26. The van der Waals surface area contributed by atoms with E-state index >= 15 is 0 Å². The molecule has 2 rings (SSSR count). The summed E-state index contributed by atoms with van der Waals surface area (Å²) in [5.41, 5.74) is 2.19. The highest BCUT2D eigenvalue weighted by atomic mass is 16.5. The van der Waals surface area contributed by atoms with E-state index in [0.717, 1.165) is 11.1 Å². The van der Waals surface area contributed by atoms with Gasteiger partial charge in [-0.25, -0.2) is 4.79 Å². The number of nitrogens with one attached hydrogen (secondary N) is 1. The van der Waals surface area contributed by atoms with Crippen LogP contribution in [0.15, 0.2) is 42.5 Å². The lowest BCUT2D eigenvalue weighted by molar-refractivity contribution is -0.127. The molecule has 0 saturated carbocycles. The quantitative estimate of drug-likeness (QED) is 0.716. The molecule has 0 aliphatic rings. The maximum absolute atomic E-state index is 12.4. The topological polar surface area (TPSA) is 73.9 Å². The van der Waals surface area contributed by atoms with E-state index in [1.165, 1.54) is 14.2 Å². The Morgan fingerprint density at radius 2 is 1.79 bits per heavy atom. The zero-order valence-corrected chi connectivity index (χ0v) is 17.9. The van der Waals surface area contributed by atoms with Crippen molar-refractivity contribution in [1.29, 1.82) is 0 Å². The van der Waals surface area contributed by atoms with E-state index in [2.05, 4.69) is 26.1 Å². The van der Waals surface area contributed by atoms with E-state index in [4.69, 9.17) is 14.2 Å². The molecule has 156 valence electrons. The summed E-state index contributed by atoms with van der Waals surface area (Å²) in [6.07, 6.45) is -0.663. The van der Waals surface area contributed by atoms with Gasteiger partial charge in [-0.15, -0.1) is 0 Å². The molecule has 0 spiro atoms. The van der Waals surface area contributed by atoms with Crippen molar-refractivity contribution in [2.75, 3.05) is 14.2 Å². The van der Waals surface area contributed by atoms with E-state index < -0.39 is 12.1 Å². The Bertz CT molecular complexity index is 870. The minimum Gasteiger partial charge on any atom is -0.496 e. The van der Waals surface area contributed by atoms with Crippen LogP contribution >= 0.6 is 0 Å². The summed E-state index contributed by atoms with van der Waals surface area (Å²) >= 11 is 0. The highest BCUT2D eigenvalue weighted by molar-refractivity contribution is 5.92. The second-order valence-corrected chi connectivity index (χ2v) is 7.78. The molecule has 0 bridgehead atoms. The van der Waals surface area contributed by atoms with Gasteiger partial charge in [-0.2, -0.15) is 0 Å². The number of esters is 1. The molecule has 1 N–H and O–H groups in total.